The molecule has 0 aliphatic carbocycles. The van der Waals surface area contributed by atoms with Crippen LogP contribution in [-0.2, 0) is 4.74 Å². The van der Waals surface area contributed by atoms with Crippen LogP contribution < -0.4 is 11.5 Å². The fourth-order valence-electron chi connectivity index (χ4n) is 1.87. The number of nitrogens with zero attached hydrogens (tertiary/aromatic N) is 1. The van der Waals surface area contributed by atoms with E-state index in [0.717, 1.165) is 6.42 Å². The molecule has 1 unspecified atom stereocenters. The van der Waals surface area contributed by atoms with E-state index in [1.54, 1.807) is 4.90 Å². The van der Waals surface area contributed by atoms with Crippen LogP contribution in [0.1, 0.15) is 54.9 Å². The van der Waals surface area contributed by atoms with Crippen molar-refractivity contribution in [3.63, 3.8) is 0 Å². The third-order valence-corrected chi connectivity index (χ3v) is 3.74. The summed E-state index contributed by atoms with van der Waals surface area (Å²) in [5.41, 5.74) is 10.9. The van der Waals surface area contributed by atoms with E-state index in [0.29, 0.717) is 26.2 Å². The first-order valence-electron chi connectivity index (χ1n) is 7.76. The molecule has 5 nitrogen and oxygen atoms in total. The van der Waals surface area contributed by atoms with Crippen LogP contribution in [0.25, 0.3) is 0 Å². The molecule has 0 aromatic heterocycles. The maximum atomic E-state index is 12.5. The van der Waals surface area contributed by atoms with Crippen LogP contribution in [0.3, 0.4) is 0 Å². The van der Waals surface area contributed by atoms with Gasteiger partial charge in [-0.1, -0.05) is 27.7 Å². The summed E-state index contributed by atoms with van der Waals surface area (Å²) in [5, 5.41) is 0. The van der Waals surface area contributed by atoms with E-state index in [4.69, 9.17) is 16.2 Å². The second-order valence-electron chi connectivity index (χ2n) is 8.07. The van der Waals surface area contributed by atoms with Gasteiger partial charge in [-0.2, -0.15) is 0 Å². The van der Waals surface area contributed by atoms with Crippen LogP contribution in [0.5, 0.6) is 0 Å². The van der Waals surface area contributed by atoms with Gasteiger partial charge in [0, 0.05) is 13.1 Å². The van der Waals surface area contributed by atoms with Gasteiger partial charge in [0.25, 0.3) is 0 Å². The molecule has 5 heteroatoms. The molecule has 0 saturated heterocycles. The van der Waals surface area contributed by atoms with Gasteiger partial charge in [0.05, 0.1) is 0 Å². The third-order valence-electron chi connectivity index (χ3n) is 3.74. The van der Waals surface area contributed by atoms with E-state index in [1.165, 1.54) is 0 Å². The van der Waals surface area contributed by atoms with Crippen LogP contribution >= 0.6 is 0 Å². The largest absolute Gasteiger partial charge is 0.444 e. The second kappa shape index (κ2) is 7.45. The van der Waals surface area contributed by atoms with E-state index < -0.39 is 5.60 Å². The molecule has 0 saturated carbocycles. The molecule has 0 bridgehead atoms. The molecule has 21 heavy (non-hydrogen) atoms. The Kier molecular flexibility index (Phi) is 7.16. The fourth-order valence-corrected chi connectivity index (χ4v) is 1.87. The number of carbonyl (C=O) groups is 1. The molecule has 0 heterocycles. The minimum Gasteiger partial charge on any atom is -0.444 e. The average molecular weight is 301 g/mol. The molecule has 0 radical (unpaired) electrons. The van der Waals surface area contributed by atoms with Gasteiger partial charge in [-0.25, -0.2) is 4.79 Å². The normalized spacial score (nSPS) is 15.5. The molecule has 0 aliphatic heterocycles. The van der Waals surface area contributed by atoms with E-state index in [2.05, 4.69) is 27.7 Å². The Balaban J connectivity index is 5.14. The van der Waals surface area contributed by atoms with Gasteiger partial charge in [0.2, 0.25) is 0 Å². The first-order chi connectivity index (χ1) is 9.38. The molecular weight excluding hydrogens is 266 g/mol. The third kappa shape index (κ3) is 7.67. The van der Waals surface area contributed by atoms with Crippen molar-refractivity contribution in [2.24, 2.45) is 22.3 Å². The van der Waals surface area contributed by atoms with Crippen molar-refractivity contribution in [3.8, 4) is 0 Å². The molecule has 0 rings (SSSR count). The highest BCUT2D eigenvalue weighted by atomic mass is 16.6. The van der Waals surface area contributed by atoms with Crippen molar-refractivity contribution in [2.75, 3.05) is 26.2 Å². The van der Waals surface area contributed by atoms with Gasteiger partial charge in [-0.15, -0.1) is 0 Å². The second-order valence-corrected chi connectivity index (χ2v) is 8.07. The zero-order chi connectivity index (χ0) is 16.9. The summed E-state index contributed by atoms with van der Waals surface area (Å²) in [6.45, 7) is 16.1. The summed E-state index contributed by atoms with van der Waals surface area (Å²) in [6.07, 6.45) is 0.614. The van der Waals surface area contributed by atoms with Crippen LogP contribution in [0.4, 0.5) is 4.79 Å². The summed E-state index contributed by atoms with van der Waals surface area (Å²) in [6, 6.07) is 0. The molecule has 0 fully saturated rings. The van der Waals surface area contributed by atoms with Crippen molar-refractivity contribution in [2.45, 2.75) is 60.5 Å². The van der Waals surface area contributed by atoms with Gasteiger partial charge in [0.15, 0.2) is 0 Å². The van der Waals surface area contributed by atoms with E-state index in [-0.39, 0.29) is 16.9 Å². The maximum absolute atomic E-state index is 12.5. The summed E-state index contributed by atoms with van der Waals surface area (Å²) < 4.78 is 5.53. The summed E-state index contributed by atoms with van der Waals surface area (Å²) >= 11 is 0. The zero-order valence-electron chi connectivity index (χ0n) is 15.0. The highest BCUT2D eigenvalue weighted by Gasteiger charge is 2.32. The lowest BCUT2D eigenvalue weighted by molar-refractivity contribution is 0.00911. The number of carbonyl (C=O) groups excluding carboxylic acids is 1. The minimum atomic E-state index is -0.506. The fraction of sp³-hybridized carbons (Fsp3) is 0.938. The van der Waals surface area contributed by atoms with Crippen molar-refractivity contribution in [1.29, 1.82) is 0 Å². The van der Waals surface area contributed by atoms with Crippen LogP contribution in [0.15, 0.2) is 0 Å². The minimum absolute atomic E-state index is 0.110. The maximum Gasteiger partial charge on any atom is 0.410 e. The lowest BCUT2D eigenvalue weighted by Gasteiger charge is -2.38. The number of rotatable bonds is 7. The monoisotopic (exact) mass is 301 g/mol. The standard InChI is InChI=1S/C16H35N3O2/c1-8-16(7,10-18)12-19(11-15(5,6)9-17)13(20)21-14(2,3)4/h8-12,17-18H2,1-7H3. The first-order valence-corrected chi connectivity index (χ1v) is 7.76. The summed E-state index contributed by atoms with van der Waals surface area (Å²) in [7, 11) is 0. The van der Waals surface area contributed by atoms with E-state index >= 15 is 0 Å². The first kappa shape index (κ1) is 20.2. The Labute approximate surface area is 130 Å². The lowest BCUT2D eigenvalue weighted by Crippen LogP contribution is -2.49. The molecule has 1 atom stereocenters. The average Bonchev–Trinajstić information content (AvgIpc) is 2.35. The molecule has 1 amide bonds. The highest BCUT2D eigenvalue weighted by molar-refractivity contribution is 5.68. The van der Waals surface area contributed by atoms with Gasteiger partial charge < -0.3 is 21.1 Å². The predicted octanol–water partition coefficient (Wildman–Crippen LogP) is 2.58. The number of amides is 1. The molecule has 0 aromatic rings. The Hall–Kier alpha value is -0.810. The number of nitrogens with two attached hydrogens (primary N) is 2. The Bertz CT molecular complexity index is 331. The Morgan fingerprint density at radius 1 is 1.00 bits per heavy atom. The summed E-state index contributed by atoms with van der Waals surface area (Å²) in [5.74, 6) is 0. The quantitative estimate of drug-likeness (QED) is 0.757. The molecule has 126 valence electrons. The van der Waals surface area contributed by atoms with Crippen LogP contribution in [0.2, 0.25) is 0 Å². The van der Waals surface area contributed by atoms with Crippen molar-refractivity contribution < 1.29 is 9.53 Å². The Morgan fingerprint density at radius 3 is 1.86 bits per heavy atom. The van der Waals surface area contributed by atoms with Gasteiger partial charge in [-0.3, -0.25) is 0 Å². The van der Waals surface area contributed by atoms with E-state index in [1.807, 2.05) is 20.8 Å². The van der Waals surface area contributed by atoms with Gasteiger partial charge in [-0.05, 0) is 51.1 Å². The van der Waals surface area contributed by atoms with Crippen molar-refractivity contribution in [3.05, 3.63) is 0 Å². The number of hydrogen-bond acceptors (Lipinski definition) is 4. The van der Waals surface area contributed by atoms with Crippen molar-refractivity contribution in [1.82, 2.24) is 4.90 Å². The zero-order valence-corrected chi connectivity index (χ0v) is 15.0. The smallest absolute Gasteiger partial charge is 0.410 e. The molecule has 0 aliphatic rings. The van der Waals surface area contributed by atoms with Gasteiger partial charge in [0.1, 0.15) is 5.60 Å². The van der Waals surface area contributed by atoms with Gasteiger partial charge >= 0.3 is 6.09 Å². The molecule has 4 N–H and O–H groups in total. The lowest BCUT2D eigenvalue weighted by atomic mass is 9.86. The number of hydrogen-bond donors (Lipinski definition) is 2. The summed E-state index contributed by atoms with van der Waals surface area (Å²) in [4.78, 5) is 14.2. The molecule has 0 aromatic carbocycles. The molecular formula is C16H35N3O2. The highest BCUT2D eigenvalue weighted by Crippen LogP contribution is 2.25. The van der Waals surface area contributed by atoms with Crippen LogP contribution in [0, 0.1) is 10.8 Å². The molecule has 0 spiro atoms. The Morgan fingerprint density at radius 2 is 1.52 bits per heavy atom. The van der Waals surface area contributed by atoms with Crippen LogP contribution in [-0.4, -0.2) is 42.8 Å². The van der Waals surface area contributed by atoms with E-state index in [9.17, 15) is 4.79 Å². The predicted molar refractivity (Wildman–Crippen MR) is 88.1 cm³/mol. The van der Waals surface area contributed by atoms with Crippen molar-refractivity contribution >= 4 is 6.09 Å². The topological polar surface area (TPSA) is 81.6 Å². The number of ether oxygens (including phenoxy) is 1. The SMILES string of the molecule is CCC(C)(CN)CN(CC(C)(C)CN)C(=O)OC(C)(C)C.